The van der Waals surface area contributed by atoms with Crippen molar-refractivity contribution in [3.05, 3.63) is 28.2 Å². The number of rotatable bonds is 3. The molecule has 0 atom stereocenters. The Morgan fingerprint density at radius 3 is 2.75 bits per heavy atom. The van der Waals surface area contributed by atoms with E-state index in [1.807, 2.05) is 25.1 Å². The third-order valence-electron chi connectivity index (χ3n) is 3.82. The molecule has 104 valence electrons. The predicted molar refractivity (Wildman–Crippen MR) is 75.2 cm³/mol. The Kier molecular flexibility index (Phi) is 3.08. The van der Waals surface area contributed by atoms with E-state index in [1.165, 1.54) is 4.68 Å². The Balaban J connectivity index is 2.13. The molecule has 0 unspecified atom stereocenters. The van der Waals surface area contributed by atoms with Crippen LogP contribution in [0.1, 0.15) is 24.8 Å². The van der Waals surface area contributed by atoms with Crippen LogP contribution in [0.2, 0.25) is 0 Å². The van der Waals surface area contributed by atoms with Crippen molar-refractivity contribution in [3.63, 3.8) is 0 Å². The minimum atomic E-state index is -0.997. The fourth-order valence-corrected chi connectivity index (χ4v) is 3.14. The number of carbonyl (C=O) groups is 1. The van der Waals surface area contributed by atoms with Gasteiger partial charge in [0.2, 0.25) is 0 Å². The molecule has 1 saturated carbocycles. The van der Waals surface area contributed by atoms with Crippen LogP contribution in [-0.4, -0.2) is 31.3 Å². The SMILES string of the molecule is Cc1ccc(-c2nnnn2C2(C(=O)O)CCC2)c(Br)c1. The summed E-state index contributed by atoms with van der Waals surface area (Å²) < 4.78 is 2.31. The highest BCUT2D eigenvalue weighted by Gasteiger charge is 2.49. The average molecular weight is 337 g/mol. The molecule has 3 rings (SSSR count). The van der Waals surface area contributed by atoms with Crippen molar-refractivity contribution >= 4 is 21.9 Å². The van der Waals surface area contributed by atoms with E-state index in [0.717, 1.165) is 22.0 Å². The maximum atomic E-state index is 11.6. The number of aryl methyl sites for hydroxylation is 1. The van der Waals surface area contributed by atoms with Crippen molar-refractivity contribution in [2.45, 2.75) is 31.7 Å². The summed E-state index contributed by atoms with van der Waals surface area (Å²) in [6, 6.07) is 5.81. The number of aromatic nitrogens is 4. The van der Waals surface area contributed by atoms with Gasteiger partial charge in [-0.2, -0.15) is 0 Å². The Hall–Kier alpha value is -1.76. The highest BCUT2D eigenvalue weighted by molar-refractivity contribution is 9.10. The molecule has 1 N–H and O–H groups in total. The van der Waals surface area contributed by atoms with E-state index in [0.29, 0.717) is 18.7 Å². The summed E-state index contributed by atoms with van der Waals surface area (Å²) in [5, 5.41) is 21.1. The number of carboxylic acids is 1. The van der Waals surface area contributed by atoms with Gasteiger partial charge in [0.25, 0.3) is 0 Å². The first-order valence-corrected chi connectivity index (χ1v) is 7.13. The number of nitrogens with zero attached hydrogens (tertiary/aromatic N) is 4. The molecule has 1 heterocycles. The molecule has 1 aromatic heterocycles. The maximum Gasteiger partial charge on any atom is 0.331 e. The van der Waals surface area contributed by atoms with Crippen molar-refractivity contribution in [3.8, 4) is 11.4 Å². The van der Waals surface area contributed by atoms with E-state index in [1.54, 1.807) is 0 Å². The molecule has 1 aliphatic rings. The monoisotopic (exact) mass is 336 g/mol. The summed E-state index contributed by atoms with van der Waals surface area (Å²) in [5.41, 5.74) is 0.910. The molecule has 0 spiro atoms. The molecular formula is C13H13BrN4O2. The van der Waals surface area contributed by atoms with Crippen molar-refractivity contribution < 1.29 is 9.90 Å². The number of hydrogen-bond acceptors (Lipinski definition) is 4. The Morgan fingerprint density at radius 2 is 2.20 bits per heavy atom. The highest BCUT2D eigenvalue weighted by Crippen LogP contribution is 2.41. The number of halogens is 1. The second-order valence-electron chi connectivity index (χ2n) is 5.09. The maximum absolute atomic E-state index is 11.6. The summed E-state index contributed by atoms with van der Waals surface area (Å²) in [7, 11) is 0. The zero-order valence-corrected chi connectivity index (χ0v) is 12.5. The molecule has 0 bridgehead atoms. The topological polar surface area (TPSA) is 80.9 Å². The smallest absolute Gasteiger partial charge is 0.331 e. The van der Waals surface area contributed by atoms with Gasteiger partial charge in [0, 0.05) is 10.0 Å². The van der Waals surface area contributed by atoms with Crippen LogP contribution in [0.5, 0.6) is 0 Å². The molecule has 1 aromatic carbocycles. The van der Waals surface area contributed by atoms with Gasteiger partial charge in [0.1, 0.15) is 0 Å². The van der Waals surface area contributed by atoms with Crippen LogP contribution in [0.3, 0.4) is 0 Å². The van der Waals surface area contributed by atoms with E-state index in [-0.39, 0.29) is 0 Å². The molecule has 1 fully saturated rings. The fraction of sp³-hybridized carbons (Fsp3) is 0.385. The van der Waals surface area contributed by atoms with Gasteiger partial charge in [0.15, 0.2) is 11.4 Å². The van der Waals surface area contributed by atoms with Crippen molar-refractivity contribution in [2.24, 2.45) is 0 Å². The van der Waals surface area contributed by atoms with Gasteiger partial charge in [0.05, 0.1) is 0 Å². The molecule has 20 heavy (non-hydrogen) atoms. The van der Waals surface area contributed by atoms with E-state index in [4.69, 9.17) is 0 Å². The molecule has 0 aliphatic heterocycles. The standard InChI is InChI=1S/C13H13BrN4O2/c1-8-3-4-9(10(14)7-8)11-15-16-17-18(11)13(12(19)20)5-2-6-13/h3-4,7H,2,5-6H2,1H3,(H,19,20). The van der Waals surface area contributed by atoms with Gasteiger partial charge in [-0.1, -0.05) is 22.0 Å². The molecule has 0 saturated heterocycles. The van der Waals surface area contributed by atoms with E-state index in [2.05, 4.69) is 31.5 Å². The first-order valence-electron chi connectivity index (χ1n) is 6.33. The first-order chi connectivity index (χ1) is 9.54. The van der Waals surface area contributed by atoms with Crippen LogP contribution in [0.4, 0.5) is 0 Å². The fourth-order valence-electron chi connectivity index (χ4n) is 2.47. The van der Waals surface area contributed by atoms with E-state index >= 15 is 0 Å². The Bertz CT molecular complexity index is 679. The zero-order valence-electron chi connectivity index (χ0n) is 10.9. The summed E-state index contributed by atoms with van der Waals surface area (Å²) in [5.74, 6) is -0.389. The molecule has 2 aromatic rings. The summed E-state index contributed by atoms with van der Waals surface area (Å²) >= 11 is 3.49. The molecule has 6 nitrogen and oxygen atoms in total. The lowest BCUT2D eigenvalue weighted by Crippen LogP contribution is -2.48. The Morgan fingerprint density at radius 1 is 1.45 bits per heavy atom. The molecule has 0 radical (unpaired) electrons. The van der Waals surface area contributed by atoms with Crippen molar-refractivity contribution in [1.82, 2.24) is 20.2 Å². The average Bonchev–Trinajstić information content (AvgIpc) is 2.76. The molecule has 0 amide bonds. The van der Waals surface area contributed by atoms with Gasteiger partial charge in [-0.15, -0.1) is 5.10 Å². The van der Waals surface area contributed by atoms with Crippen LogP contribution in [0.25, 0.3) is 11.4 Å². The summed E-state index contributed by atoms with van der Waals surface area (Å²) in [6.07, 6.45) is 1.99. The minimum absolute atomic E-state index is 0.485. The third kappa shape index (κ3) is 1.84. The van der Waals surface area contributed by atoms with Crippen LogP contribution in [-0.2, 0) is 10.3 Å². The van der Waals surface area contributed by atoms with Crippen LogP contribution in [0.15, 0.2) is 22.7 Å². The quantitative estimate of drug-likeness (QED) is 0.930. The largest absolute Gasteiger partial charge is 0.479 e. The van der Waals surface area contributed by atoms with E-state index in [9.17, 15) is 9.90 Å². The summed E-state index contributed by atoms with van der Waals surface area (Å²) in [4.78, 5) is 11.6. The number of aliphatic carboxylic acids is 1. The third-order valence-corrected chi connectivity index (χ3v) is 4.48. The zero-order chi connectivity index (χ0) is 14.3. The number of carboxylic acid groups (broad SMARTS) is 1. The first kappa shape index (κ1) is 13.2. The lowest BCUT2D eigenvalue weighted by atomic mass is 9.76. The van der Waals surface area contributed by atoms with Crippen LogP contribution in [0, 0.1) is 6.92 Å². The number of hydrogen-bond donors (Lipinski definition) is 1. The lowest BCUT2D eigenvalue weighted by Gasteiger charge is -2.37. The Labute approximate surface area is 123 Å². The van der Waals surface area contributed by atoms with E-state index < -0.39 is 11.5 Å². The van der Waals surface area contributed by atoms with Crippen LogP contribution >= 0.6 is 15.9 Å². The molecule has 1 aliphatic carbocycles. The second kappa shape index (κ2) is 4.66. The molecule has 7 heteroatoms. The van der Waals surface area contributed by atoms with Crippen molar-refractivity contribution in [1.29, 1.82) is 0 Å². The van der Waals surface area contributed by atoms with Gasteiger partial charge in [-0.25, -0.2) is 9.48 Å². The number of tetrazole rings is 1. The summed E-state index contributed by atoms with van der Waals surface area (Å²) in [6.45, 7) is 1.99. The minimum Gasteiger partial charge on any atom is -0.479 e. The van der Waals surface area contributed by atoms with Gasteiger partial charge < -0.3 is 5.11 Å². The van der Waals surface area contributed by atoms with Gasteiger partial charge >= 0.3 is 5.97 Å². The van der Waals surface area contributed by atoms with Gasteiger partial charge in [-0.05, 0) is 54.3 Å². The normalized spacial score (nSPS) is 16.7. The van der Waals surface area contributed by atoms with Crippen molar-refractivity contribution in [2.75, 3.05) is 0 Å². The lowest BCUT2D eigenvalue weighted by molar-refractivity contribution is -0.153. The predicted octanol–water partition coefficient (Wildman–Crippen LogP) is 2.37. The number of benzene rings is 1. The molecular weight excluding hydrogens is 324 g/mol. The second-order valence-corrected chi connectivity index (χ2v) is 5.94. The highest BCUT2D eigenvalue weighted by atomic mass is 79.9. The van der Waals surface area contributed by atoms with Crippen LogP contribution < -0.4 is 0 Å². The van der Waals surface area contributed by atoms with Gasteiger partial charge in [-0.3, -0.25) is 0 Å².